The van der Waals surface area contributed by atoms with Crippen LogP contribution in [0.5, 0.6) is 0 Å². The van der Waals surface area contributed by atoms with Crippen LogP contribution in [0.25, 0.3) is 0 Å². The van der Waals surface area contributed by atoms with Gasteiger partial charge in [-0.1, -0.05) is 0 Å². The van der Waals surface area contributed by atoms with Crippen LogP contribution >= 0.6 is 0 Å². The van der Waals surface area contributed by atoms with Gasteiger partial charge in [-0.3, -0.25) is 9.59 Å². The van der Waals surface area contributed by atoms with Crippen molar-refractivity contribution >= 4 is 17.8 Å². The number of carbonyl (C=O) groups is 3. The second-order valence-electron chi connectivity index (χ2n) is 6.88. The summed E-state index contributed by atoms with van der Waals surface area (Å²) in [6.07, 6.45) is 4.74. The molecule has 1 aromatic rings. The molecule has 0 spiro atoms. The largest absolute Gasteiger partial charge is 0.472 e. The molecule has 0 radical (unpaired) electrons. The molecule has 8 nitrogen and oxygen atoms in total. The van der Waals surface area contributed by atoms with Crippen LogP contribution in [0.2, 0.25) is 0 Å². The van der Waals surface area contributed by atoms with E-state index in [4.69, 9.17) is 4.42 Å². The number of nitrogens with one attached hydrogen (secondary N) is 1. The summed E-state index contributed by atoms with van der Waals surface area (Å²) >= 11 is 0. The van der Waals surface area contributed by atoms with E-state index in [1.54, 1.807) is 42.5 Å². The quantitative estimate of drug-likeness (QED) is 0.859. The fraction of sp³-hybridized carbons (Fsp3) is 0.588. The fourth-order valence-electron chi connectivity index (χ4n) is 3.38. The monoisotopic (exact) mass is 348 g/mol. The second kappa shape index (κ2) is 7.16. The summed E-state index contributed by atoms with van der Waals surface area (Å²) in [7, 11) is 3.36. The van der Waals surface area contributed by atoms with E-state index in [9.17, 15) is 14.4 Å². The van der Waals surface area contributed by atoms with Crippen molar-refractivity contribution in [2.45, 2.75) is 25.4 Å². The Bertz CT molecular complexity index is 643. The molecule has 3 aliphatic rings. The molecular formula is C17H24N4O4. The molecule has 0 aromatic carbocycles. The van der Waals surface area contributed by atoms with Crippen LogP contribution in [0, 0.1) is 5.92 Å². The predicted molar refractivity (Wildman–Crippen MR) is 89.4 cm³/mol. The van der Waals surface area contributed by atoms with Gasteiger partial charge < -0.3 is 24.4 Å². The SMILES string of the molecule is CN(C)C(=O)CN1C(=O)[C@H]2CC[C@@H]1CN(C(=O)NCc1ccoc1)C2. The fourth-order valence-corrected chi connectivity index (χ4v) is 3.38. The van der Waals surface area contributed by atoms with Crippen LogP contribution in [-0.4, -0.2) is 72.3 Å². The second-order valence-corrected chi connectivity index (χ2v) is 6.88. The highest BCUT2D eigenvalue weighted by Gasteiger charge is 2.42. The highest BCUT2D eigenvalue weighted by molar-refractivity contribution is 5.87. The van der Waals surface area contributed by atoms with E-state index >= 15 is 0 Å². The number of likely N-dealkylation sites (N-methyl/N-ethyl adjacent to an activating group) is 1. The molecule has 0 saturated carbocycles. The van der Waals surface area contributed by atoms with Crippen LogP contribution in [-0.2, 0) is 16.1 Å². The van der Waals surface area contributed by atoms with Crippen LogP contribution < -0.4 is 5.32 Å². The topological polar surface area (TPSA) is 86.1 Å². The highest BCUT2D eigenvalue weighted by Crippen LogP contribution is 2.29. The zero-order chi connectivity index (χ0) is 18.0. The third kappa shape index (κ3) is 3.78. The number of hydrogen-bond donors (Lipinski definition) is 1. The van der Waals surface area contributed by atoms with Crippen LogP contribution in [0.1, 0.15) is 18.4 Å². The average Bonchev–Trinajstić information content (AvgIpc) is 2.96. The summed E-state index contributed by atoms with van der Waals surface area (Å²) in [6.45, 7) is 1.33. The van der Waals surface area contributed by atoms with Crippen molar-refractivity contribution in [3.63, 3.8) is 0 Å². The number of nitrogens with zero attached hydrogens (tertiary/aromatic N) is 3. The van der Waals surface area contributed by atoms with Crippen LogP contribution in [0.15, 0.2) is 23.0 Å². The minimum absolute atomic E-state index is 0.0171. The van der Waals surface area contributed by atoms with Crippen molar-refractivity contribution in [3.05, 3.63) is 24.2 Å². The van der Waals surface area contributed by atoms with E-state index < -0.39 is 0 Å². The van der Waals surface area contributed by atoms with Gasteiger partial charge in [-0.05, 0) is 18.9 Å². The molecule has 0 unspecified atom stereocenters. The Hall–Kier alpha value is -2.51. The first-order valence-electron chi connectivity index (χ1n) is 8.50. The molecule has 4 heterocycles. The summed E-state index contributed by atoms with van der Waals surface area (Å²) in [4.78, 5) is 42.0. The lowest BCUT2D eigenvalue weighted by Gasteiger charge is -2.35. The number of furan rings is 1. The molecule has 136 valence electrons. The zero-order valence-corrected chi connectivity index (χ0v) is 14.6. The molecule has 8 heteroatoms. The van der Waals surface area contributed by atoms with Gasteiger partial charge in [-0.15, -0.1) is 0 Å². The lowest BCUT2D eigenvalue weighted by Crippen LogP contribution is -2.51. The van der Waals surface area contributed by atoms with Crippen molar-refractivity contribution in [1.82, 2.24) is 20.0 Å². The molecule has 2 bridgehead atoms. The molecule has 4 amide bonds. The summed E-state index contributed by atoms with van der Waals surface area (Å²) in [5.41, 5.74) is 0.889. The summed E-state index contributed by atoms with van der Waals surface area (Å²) in [6, 6.07) is 1.51. The lowest BCUT2D eigenvalue weighted by atomic mass is 9.94. The maximum absolute atomic E-state index is 12.7. The van der Waals surface area contributed by atoms with E-state index in [1.165, 1.54) is 4.90 Å². The number of rotatable bonds is 4. The minimum Gasteiger partial charge on any atom is -0.472 e. The van der Waals surface area contributed by atoms with Gasteiger partial charge >= 0.3 is 6.03 Å². The van der Waals surface area contributed by atoms with Crippen LogP contribution in [0.3, 0.4) is 0 Å². The zero-order valence-electron chi connectivity index (χ0n) is 14.6. The Morgan fingerprint density at radius 3 is 2.80 bits per heavy atom. The maximum Gasteiger partial charge on any atom is 0.317 e. The molecule has 2 atom stereocenters. The van der Waals surface area contributed by atoms with Gasteiger partial charge in [0.15, 0.2) is 0 Å². The summed E-state index contributed by atoms with van der Waals surface area (Å²) < 4.78 is 4.99. The molecule has 4 rings (SSSR count). The van der Waals surface area contributed by atoms with Crippen molar-refractivity contribution in [1.29, 1.82) is 0 Å². The standard InChI is InChI=1S/C17H24N4O4/c1-19(2)15(22)10-21-14-4-3-13(16(21)23)8-20(9-14)17(24)18-7-12-5-6-25-11-12/h5-6,11,13-14H,3-4,7-10H2,1-2H3,(H,18,24)/t13-,14+/m0/s1. The Morgan fingerprint density at radius 2 is 2.12 bits per heavy atom. The predicted octanol–water partition coefficient (Wildman–Crippen LogP) is 0.500. The highest BCUT2D eigenvalue weighted by atomic mass is 16.3. The van der Waals surface area contributed by atoms with Gasteiger partial charge in [0.1, 0.15) is 6.54 Å². The number of hydrogen-bond acceptors (Lipinski definition) is 4. The van der Waals surface area contributed by atoms with Gasteiger partial charge in [0, 0.05) is 45.3 Å². The Kier molecular flexibility index (Phi) is 4.96. The maximum atomic E-state index is 12.7. The Labute approximate surface area is 146 Å². The van der Waals surface area contributed by atoms with E-state index in [0.717, 1.165) is 18.4 Å². The molecule has 1 N–H and O–H groups in total. The van der Waals surface area contributed by atoms with E-state index in [1.807, 2.05) is 0 Å². The average molecular weight is 348 g/mol. The number of urea groups is 1. The Balaban J connectivity index is 1.64. The number of carbonyl (C=O) groups excluding carboxylic acids is 3. The molecule has 25 heavy (non-hydrogen) atoms. The first-order chi connectivity index (χ1) is 12.0. The van der Waals surface area contributed by atoms with Crippen molar-refractivity contribution in [2.75, 3.05) is 33.7 Å². The molecular weight excluding hydrogens is 324 g/mol. The number of amides is 4. The normalized spacial score (nSPS) is 22.7. The van der Waals surface area contributed by atoms with Crippen LogP contribution in [0.4, 0.5) is 4.79 Å². The van der Waals surface area contributed by atoms with Gasteiger partial charge in [0.25, 0.3) is 0 Å². The van der Waals surface area contributed by atoms with Crippen molar-refractivity contribution < 1.29 is 18.8 Å². The molecule has 3 aliphatic heterocycles. The van der Waals surface area contributed by atoms with Gasteiger partial charge in [0.05, 0.1) is 18.4 Å². The molecule has 1 aromatic heterocycles. The van der Waals surface area contributed by atoms with Gasteiger partial charge in [0.2, 0.25) is 11.8 Å². The number of piperidine rings is 1. The molecule has 3 saturated heterocycles. The summed E-state index contributed by atoms with van der Waals surface area (Å²) in [5, 5.41) is 2.86. The van der Waals surface area contributed by atoms with E-state index in [2.05, 4.69) is 5.32 Å². The first kappa shape index (κ1) is 17.3. The smallest absolute Gasteiger partial charge is 0.317 e. The van der Waals surface area contributed by atoms with Crippen molar-refractivity contribution in [3.8, 4) is 0 Å². The summed E-state index contributed by atoms with van der Waals surface area (Å²) in [5.74, 6) is -0.346. The van der Waals surface area contributed by atoms with Gasteiger partial charge in [-0.25, -0.2) is 4.79 Å². The minimum atomic E-state index is -0.228. The van der Waals surface area contributed by atoms with Gasteiger partial charge in [-0.2, -0.15) is 0 Å². The lowest BCUT2D eigenvalue weighted by molar-refractivity contribution is -0.145. The van der Waals surface area contributed by atoms with Crippen molar-refractivity contribution in [2.24, 2.45) is 5.92 Å². The number of fused-ring (bicyclic) bond motifs is 4. The Morgan fingerprint density at radius 1 is 1.32 bits per heavy atom. The third-order valence-corrected chi connectivity index (χ3v) is 4.91. The first-order valence-corrected chi connectivity index (χ1v) is 8.50. The van der Waals surface area contributed by atoms with E-state index in [-0.39, 0.29) is 36.3 Å². The molecule has 0 aliphatic carbocycles. The van der Waals surface area contributed by atoms with E-state index in [0.29, 0.717) is 19.6 Å². The third-order valence-electron chi connectivity index (χ3n) is 4.91. The molecule has 3 fully saturated rings.